The molecule has 3 rings (SSSR count). The molecular formula is C17H14IN3O2. The van der Waals surface area contributed by atoms with E-state index >= 15 is 0 Å². The quantitative estimate of drug-likeness (QED) is 0.369. The summed E-state index contributed by atoms with van der Waals surface area (Å²) in [4.78, 5) is 12.3. The standard InChI is InChI=1S/C17H14IN3O2/c1-11-4-3-5-15(10-11)23-17(22)16-12(2)21(20-19-16)14-8-6-13(18)7-9-14/h3-10H,1-2H3. The molecule has 0 N–H and O–H groups in total. The lowest BCUT2D eigenvalue weighted by atomic mass is 10.2. The van der Waals surface area contributed by atoms with Crippen molar-refractivity contribution >= 4 is 28.6 Å². The number of aryl methyl sites for hydroxylation is 1. The van der Waals surface area contributed by atoms with E-state index in [0.29, 0.717) is 11.4 Å². The summed E-state index contributed by atoms with van der Waals surface area (Å²) < 4.78 is 8.13. The number of carbonyl (C=O) groups is 1. The highest BCUT2D eigenvalue weighted by atomic mass is 127. The fourth-order valence-electron chi connectivity index (χ4n) is 2.18. The number of ether oxygens (including phenoxy) is 1. The predicted octanol–water partition coefficient (Wildman–Crippen LogP) is 3.71. The first-order valence-electron chi connectivity index (χ1n) is 7.01. The lowest BCUT2D eigenvalue weighted by molar-refractivity contribution is 0.0727. The fourth-order valence-corrected chi connectivity index (χ4v) is 2.54. The molecule has 23 heavy (non-hydrogen) atoms. The van der Waals surface area contributed by atoms with Crippen LogP contribution >= 0.6 is 22.6 Å². The molecule has 0 saturated heterocycles. The van der Waals surface area contributed by atoms with Crippen LogP contribution in [0.2, 0.25) is 0 Å². The zero-order chi connectivity index (χ0) is 16.4. The van der Waals surface area contributed by atoms with E-state index in [2.05, 4.69) is 32.9 Å². The van der Waals surface area contributed by atoms with Gasteiger partial charge in [0.25, 0.3) is 0 Å². The first-order chi connectivity index (χ1) is 11.0. The molecule has 0 saturated carbocycles. The fraction of sp³-hybridized carbons (Fsp3) is 0.118. The van der Waals surface area contributed by atoms with Crippen molar-refractivity contribution in [3.63, 3.8) is 0 Å². The summed E-state index contributed by atoms with van der Waals surface area (Å²) in [6.07, 6.45) is 0. The van der Waals surface area contributed by atoms with E-state index < -0.39 is 5.97 Å². The van der Waals surface area contributed by atoms with Gasteiger partial charge in [-0.05, 0) is 78.4 Å². The molecule has 0 unspecified atom stereocenters. The number of halogens is 1. The van der Waals surface area contributed by atoms with Crippen LogP contribution in [-0.4, -0.2) is 21.0 Å². The summed E-state index contributed by atoms with van der Waals surface area (Å²) in [5.74, 6) is -0.0110. The molecule has 1 aromatic heterocycles. The average molecular weight is 419 g/mol. The van der Waals surface area contributed by atoms with Crippen LogP contribution in [0, 0.1) is 17.4 Å². The molecule has 0 aliphatic carbocycles. The second kappa shape index (κ2) is 6.49. The second-order valence-corrected chi connectivity index (χ2v) is 6.36. The monoisotopic (exact) mass is 419 g/mol. The molecule has 3 aromatic rings. The minimum absolute atomic E-state index is 0.213. The smallest absolute Gasteiger partial charge is 0.366 e. The zero-order valence-electron chi connectivity index (χ0n) is 12.7. The summed E-state index contributed by atoms with van der Waals surface area (Å²) >= 11 is 2.24. The summed E-state index contributed by atoms with van der Waals surface area (Å²) in [5.41, 5.74) is 2.73. The topological polar surface area (TPSA) is 57.0 Å². The summed E-state index contributed by atoms with van der Waals surface area (Å²) in [5, 5.41) is 8.03. The number of benzene rings is 2. The molecule has 0 amide bonds. The summed E-state index contributed by atoms with van der Waals surface area (Å²) in [6.45, 7) is 3.74. The first kappa shape index (κ1) is 15.7. The Morgan fingerprint density at radius 2 is 1.87 bits per heavy atom. The second-order valence-electron chi connectivity index (χ2n) is 5.12. The molecule has 1 heterocycles. The molecule has 0 bridgehead atoms. The maximum absolute atomic E-state index is 12.3. The molecule has 0 spiro atoms. The van der Waals surface area contributed by atoms with Gasteiger partial charge in [-0.15, -0.1) is 5.10 Å². The van der Waals surface area contributed by atoms with Crippen molar-refractivity contribution in [1.82, 2.24) is 15.0 Å². The number of hydrogen-bond donors (Lipinski definition) is 0. The minimum Gasteiger partial charge on any atom is -0.422 e. The highest BCUT2D eigenvalue weighted by Crippen LogP contribution is 2.17. The van der Waals surface area contributed by atoms with Gasteiger partial charge in [0.15, 0.2) is 5.69 Å². The van der Waals surface area contributed by atoms with Gasteiger partial charge in [0.05, 0.1) is 11.4 Å². The Morgan fingerprint density at radius 3 is 2.57 bits per heavy atom. The molecule has 116 valence electrons. The first-order valence-corrected chi connectivity index (χ1v) is 8.09. The van der Waals surface area contributed by atoms with Crippen LogP contribution < -0.4 is 4.74 Å². The number of aromatic nitrogens is 3. The van der Waals surface area contributed by atoms with Gasteiger partial charge in [-0.1, -0.05) is 17.3 Å². The summed E-state index contributed by atoms with van der Waals surface area (Å²) in [7, 11) is 0. The predicted molar refractivity (Wildman–Crippen MR) is 95.0 cm³/mol. The normalized spacial score (nSPS) is 10.6. The van der Waals surface area contributed by atoms with Crippen molar-refractivity contribution < 1.29 is 9.53 Å². The van der Waals surface area contributed by atoms with Crippen molar-refractivity contribution in [3.8, 4) is 11.4 Å². The Kier molecular flexibility index (Phi) is 4.42. The SMILES string of the molecule is Cc1cccc(OC(=O)c2nnn(-c3ccc(I)cc3)c2C)c1. The van der Waals surface area contributed by atoms with Crippen LogP contribution in [0.1, 0.15) is 21.7 Å². The molecular weight excluding hydrogens is 405 g/mol. The van der Waals surface area contributed by atoms with Gasteiger partial charge in [-0.3, -0.25) is 0 Å². The number of hydrogen-bond acceptors (Lipinski definition) is 4. The number of rotatable bonds is 3. The van der Waals surface area contributed by atoms with Gasteiger partial charge in [0.2, 0.25) is 0 Å². The van der Waals surface area contributed by atoms with E-state index in [1.54, 1.807) is 23.7 Å². The van der Waals surface area contributed by atoms with Gasteiger partial charge in [0.1, 0.15) is 5.75 Å². The molecule has 2 aromatic carbocycles. The molecule has 5 nitrogen and oxygen atoms in total. The zero-order valence-corrected chi connectivity index (χ0v) is 14.8. The van der Waals surface area contributed by atoms with Crippen molar-refractivity contribution in [2.75, 3.05) is 0 Å². The highest BCUT2D eigenvalue weighted by molar-refractivity contribution is 14.1. The maximum atomic E-state index is 12.3. The van der Waals surface area contributed by atoms with Gasteiger partial charge in [0, 0.05) is 3.57 Å². The van der Waals surface area contributed by atoms with Gasteiger partial charge in [-0.25, -0.2) is 9.48 Å². The lowest BCUT2D eigenvalue weighted by Crippen LogP contribution is -2.11. The summed E-state index contributed by atoms with van der Waals surface area (Å²) in [6, 6.07) is 15.1. The van der Waals surface area contributed by atoms with Crippen LogP contribution in [0.3, 0.4) is 0 Å². The van der Waals surface area contributed by atoms with Crippen LogP contribution in [0.25, 0.3) is 5.69 Å². The Hall–Kier alpha value is -2.22. The van der Waals surface area contributed by atoms with E-state index in [9.17, 15) is 4.79 Å². The molecule has 0 radical (unpaired) electrons. The van der Waals surface area contributed by atoms with E-state index in [1.807, 2.05) is 43.3 Å². The Balaban J connectivity index is 1.86. The van der Waals surface area contributed by atoms with Gasteiger partial charge >= 0.3 is 5.97 Å². The van der Waals surface area contributed by atoms with Gasteiger partial charge in [-0.2, -0.15) is 0 Å². The Labute approximate surface area is 147 Å². The Bertz CT molecular complexity index is 857. The molecule has 0 atom stereocenters. The lowest BCUT2D eigenvalue weighted by Gasteiger charge is -2.05. The average Bonchev–Trinajstić information content (AvgIpc) is 2.90. The minimum atomic E-state index is -0.509. The molecule has 0 fully saturated rings. The van der Waals surface area contributed by atoms with Crippen molar-refractivity contribution in [2.45, 2.75) is 13.8 Å². The van der Waals surface area contributed by atoms with Crippen LogP contribution in [0.15, 0.2) is 48.5 Å². The van der Waals surface area contributed by atoms with E-state index in [0.717, 1.165) is 14.8 Å². The molecule has 6 heteroatoms. The maximum Gasteiger partial charge on any atom is 0.366 e. The van der Waals surface area contributed by atoms with E-state index in [-0.39, 0.29) is 5.69 Å². The highest BCUT2D eigenvalue weighted by Gasteiger charge is 2.19. The van der Waals surface area contributed by atoms with Crippen LogP contribution in [0.4, 0.5) is 0 Å². The van der Waals surface area contributed by atoms with Gasteiger partial charge < -0.3 is 4.74 Å². The van der Waals surface area contributed by atoms with Crippen LogP contribution in [-0.2, 0) is 0 Å². The van der Waals surface area contributed by atoms with Crippen molar-refractivity contribution in [1.29, 1.82) is 0 Å². The Morgan fingerprint density at radius 1 is 1.13 bits per heavy atom. The third-order valence-corrected chi connectivity index (χ3v) is 4.08. The number of carbonyl (C=O) groups excluding carboxylic acids is 1. The molecule has 0 aliphatic rings. The third-order valence-electron chi connectivity index (χ3n) is 3.36. The third kappa shape index (κ3) is 3.42. The van der Waals surface area contributed by atoms with Crippen LogP contribution in [0.5, 0.6) is 5.75 Å². The van der Waals surface area contributed by atoms with Crippen molar-refractivity contribution in [3.05, 3.63) is 69.1 Å². The number of nitrogens with zero attached hydrogens (tertiary/aromatic N) is 3. The van der Waals surface area contributed by atoms with E-state index in [1.165, 1.54) is 0 Å². The number of esters is 1. The van der Waals surface area contributed by atoms with E-state index in [4.69, 9.17) is 4.74 Å². The van der Waals surface area contributed by atoms with Crippen molar-refractivity contribution in [2.24, 2.45) is 0 Å². The largest absolute Gasteiger partial charge is 0.422 e. The molecule has 0 aliphatic heterocycles.